The van der Waals surface area contributed by atoms with E-state index in [0.29, 0.717) is 50.3 Å². The fourth-order valence-corrected chi connectivity index (χ4v) is 3.66. The van der Waals surface area contributed by atoms with E-state index in [9.17, 15) is 9.59 Å². The molecule has 32 heavy (non-hydrogen) atoms. The summed E-state index contributed by atoms with van der Waals surface area (Å²) in [6, 6.07) is 10.0. The Morgan fingerprint density at radius 3 is 2.44 bits per heavy atom. The molecule has 1 aliphatic carbocycles. The predicted octanol–water partition coefficient (Wildman–Crippen LogP) is 2.14. The van der Waals surface area contributed by atoms with Crippen molar-refractivity contribution in [2.45, 2.75) is 31.8 Å². The minimum Gasteiger partial charge on any atom is -0.462 e. The molecule has 0 bridgehead atoms. The molecule has 1 unspecified atom stereocenters. The van der Waals surface area contributed by atoms with Gasteiger partial charge in [-0.3, -0.25) is 9.69 Å². The van der Waals surface area contributed by atoms with Crippen LogP contribution in [0.3, 0.4) is 0 Å². The SMILES string of the molecule is CCOC(=O)c1cnc(N2CCN(C(/C=C/c3ccccc3)C(=O)NC3CC3)CC2)nc1. The van der Waals surface area contributed by atoms with E-state index in [-0.39, 0.29) is 11.9 Å². The summed E-state index contributed by atoms with van der Waals surface area (Å²) in [5.41, 5.74) is 1.42. The molecule has 1 aromatic heterocycles. The Labute approximate surface area is 188 Å². The van der Waals surface area contributed by atoms with Crippen molar-refractivity contribution in [2.24, 2.45) is 0 Å². The Kier molecular flexibility index (Phi) is 7.11. The molecule has 8 nitrogen and oxygen atoms in total. The van der Waals surface area contributed by atoms with Crippen LogP contribution in [0.1, 0.15) is 35.7 Å². The van der Waals surface area contributed by atoms with Gasteiger partial charge in [-0.05, 0) is 25.3 Å². The van der Waals surface area contributed by atoms with Gasteiger partial charge >= 0.3 is 5.97 Å². The van der Waals surface area contributed by atoms with Crippen LogP contribution in [0, 0.1) is 0 Å². The molecule has 1 atom stereocenters. The molecule has 1 amide bonds. The van der Waals surface area contributed by atoms with Crippen LogP contribution in [-0.4, -0.2) is 71.6 Å². The molecule has 2 aromatic rings. The van der Waals surface area contributed by atoms with Gasteiger partial charge in [0.2, 0.25) is 11.9 Å². The Morgan fingerprint density at radius 1 is 1.12 bits per heavy atom. The summed E-state index contributed by atoms with van der Waals surface area (Å²) in [7, 11) is 0. The summed E-state index contributed by atoms with van der Waals surface area (Å²) in [5.74, 6) is 0.221. The van der Waals surface area contributed by atoms with Crippen molar-refractivity contribution in [1.29, 1.82) is 0 Å². The summed E-state index contributed by atoms with van der Waals surface area (Å²) in [6.07, 6.45) is 9.14. The third-order valence-corrected chi connectivity index (χ3v) is 5.60. The van der Waals surface area contributed by atoms with E-state index in [1.54, 1.807) is 6.92 Å². The van der Waals surface area contributed by atoms with Crippen LogP contribution in [0.15, 0.2) is 48.8 Å². The zero-order chi connectivity index (χ0) is 22.3. The molecule has 0 spiro atoms. The first-order valence-electron chi connectivity index (χ1n) is 11.2. The van der Waals surface area contributed by atoms with Crippen molar-refractivity contribution in [3.63, 3.8) is 0 Å². The zero-order valence-electron chi connectivity index (χ0n) is 18.3. The molecule has 8 heteroatoms. The van der Waals surface area contributed by atoms with Crippen molar-refractivity contribution < 1.29 is 14.3 Å². The third-order valence-electron chi connectivity index (χ3n) is 5.60. The standard InChI is InChI=1S/C24H29N5O3/c1-2-32-23(31)19-16-25-24(26-17-19)29-14-12-28(13-15-29)21(22(30)27-20-9-10-20)11-8-18-6-4-3-5-7-18/h3-8,11,16-17,20-21H,2,9-10,12-15H2,1H3,(H,27,30)/b11-8+. The lowest BCUT2D eigenvalue weighted by molar-refractivity contribution is -0.125. The first-order valence-corrected chi connectivity index (χ1v) is 11.2. The molecular weight excluding hydrogens is 406 g/mol. The van der Waals surface area contributed by atoms with E-state index >= 15 is 0 Å². The molecule has 2 fully saturated rings. The number of ether oxygens (including phenoxy) is 1. The van der Waals surface area contributed by atoms with Crippen molar-refractivity contribution in [2.75, 3.05) is 37.7 Å². The van der Waals surface area contributed by atoms with Crippen LogP contribution < -0.4 is 10.2 Å². The number of aromatic nitrogens is 2. The highest BCUT2D eigenvalue weighted by atomic mass is 16.5. The number of hydrogen-bond acceptors (Lipinski definition) is 7. The average molecular weight is 436 g/mol. The zero-order valence-corrected chi connectivity index (χ0v) is 18.3. The minimum absolute atomic E-state index is 0.0585. The molecule has 1 saturated carbocycles. The van der Waals surface area contributed by atoms with Crippen LogP contribution >= 0.6 is 0 Å². The van der Waals surface area contributed by atoms with E-state index in [4.69, 9.17) is 4.74 Å². The number of hydrogen-bond donors (Lipinski definition) is 1. The van der Waals surface area contributed by atoms with Crippen LogP contribution in [0.4, 0.5) is 5.95 Å². The van der Waals surface area contributed by atoms with Gasteiger partial charge in [-0.25, -0.2) is 14.8 Å². The Bertz CT molecular complexity index is 936. The van der Waals surface area contributed by atoms with Crippen LogP contribution in [0.2, 0.25) is 0 Å². The third kappa shape index (κ3) is 5.70. The number of nitrogens with one attached hydrogen (secondary N) is 1. The van der Waals surface area contributed by atoms with Crippen LogP contribution in [0.5, 0.6) is 0 Å². The number of anilines is 1. The summed E-state index contributed by atoms with van der Waals surface area (Å²) in [4.78, 5) is 37.7. The largest absolute Gasteiger partial charge is 0.462 e. The van der Waals surface area contributed by atoms with E-state index in [1.165, 1.54) is 12.4 Å². The maximum Gasteiger partial charge on any atom is 0.341 e. The van der Waals surface area contributed by atoms with Gasteiger partial charge in [0.05, 0.1) is 12.2 Å². The lowest BCUT2D eigenvalue weighted by Crippen LogP contribution is -2.54. The maximum absolute atomic E-state index is 12.9. The average Bonchev–Trinajstić information content (AvgIpc) is 3.64. The fraction of sp³-hybridized carbons (Fsp3) is 0.417. The van der Waals surface area contributed by atoms with Gasteiger partial charge in [-0.1, -0.05) is 42.5 Å². The van der Waals surface area contributed by atoms with Crippen molar-refractivity contribution in [3.05, 3.63) is 59.9 Å². The highest BCUT2D eigenvalue weighted by molar-refractivity contribution is 5.88. The first-order chi connectivity index (χ1) is 15.6. The van der Waals surface area contributed by atoms with Gasteiger partial charge in [0.15, 0.2) is 0 Å². The number of carbonyl (C=O) groups excluding carboxylic acids is 2. The van der Waals surface area contributed by atoms with E-state index in [0.717, 1.165) is 18.4 Å². The molecule has 2 aliphatic rings. The smallest absolute Gasteiger partial charge is 0.341 e. The molecule has 1 aliphatic heterocycles. The second-order valence-electron chi connectivity index (χ2n) is 8.01. The maximum atomic E-state index is 12.9. The summed E-state index contributed by atoms with van der Waals surface area (Å²) >= 11 is 0. The van der Waals surface area contributed by atoms with E-state index < -0.39 is 5.97 Å². The van der Waals surface area contributed by atoms with Crippen molar-refractivity contribution >= 4 is 23.9 Å². The molecular formula is C24H29N5O3. The Balaban J connectivity index is 1.39. The lowest BCUT2D eigenvalue weighted by atomic mass is 10.1. The van der Waals surface area contributed by atoms with Gasteiger partial charge in [0.1, 0.15) is 6.04 Å². The quantitative estimate of drug-likeness (QED) is 0.636. The minimum atomic E-state index is -0.418. The van der Waals surface area contributed by atoms with Crippen molar-refractivity contribution in [1.82, 2.24) is 20.2 Å². The highest BCUT2D eigenvalue weighted by Crippen LogP contribution is 2.20. The van der Waals surface area contributed by atoms with Crippen molar-refractivity contribution in [3.8, 4) is 0 Å². The number of amides is 1. The monoisotopic (exact) mass is 435 g/mol. The van der Waals surface area contributed by atoms with Gasteiger partial charge < -0.3 is 15.0 Å². The van der Waals surface area contributed by atoms with Gasteiger partial charge in [0, 0.05) is 44.6 Å². The predicted molar refractivity (Wildman–Crippen MR) is 122 cm³/mol. The molecule has 168 valence electrons. The van der Waals surface area contributed by atoms with Crippen LogP contribution in [0.25, 0.3) is 6.08 Å². The molecule has 1 N–H and O–H groups in total. The number of piperazine rings is 1. The summed E-state index contributed by atoms with van der Waals surface area (Å²) in [5, 5.41) is 3.14. The topological polar surface area (TPSA) is 87.7 Å². The number of carbonyl (C=O) groups is 2. The molecule has 0 radical (unpaired) electrons. The van der Waals surface area contributed by atoms with Gasteiger partial charge in [-0.2, -0.15) is 0 Å². The number of esters is 1. The van der Waals surface area contributed by atoms with E-state index in [2.05, 4.69) is 25.1 Å². The van der Waals surface area contributed by atoms with E-state index in [1.807, 2.05) is 42.5 Å². The fourth-order valence-electron chi connectivity index (χ4n) is 3.66. The molecule has 1 aromatic carbocycles. The lowest BCUT2D eigenvalue weighted by Gasteiger charge is -2.37. The first kappa shape index (κ1) is 22.0. The molecule has 2 heterocycles. The summed E-state index contributed by atoms with van der Waals surface area (Å²) < 4.78 is 4.98. The number of benzene rings is 1. The second kappa shape index (κ2) is 10.4. The van der Waals surface area contributed by atoms with Gasteiger partial charge in [-0.15, -0.1) is 0 Å². The molecule has 1 saturated heterocycles. The van der Waals surface area contributed by atoms with Gasteiger partial charge in [0.25, 0.3) is 0 Å². The van der Waals surface area contributed by atoms with Crippen LogP contribution in [-0.2, 0) is 9.53 Å². The number of nitrogens with zero attached hydrogens (tertiary/aromatic N) is 4. The highest BCUT2D eigenvalue weighted by Gasteiger charge is 2.31. The normalized spacial score (nSPS) is 17.8. The Hall–Kier alpha value is -3.26. The second-order valence-corrected chi connectivity index (χ2v) is 8.01. The molecule has 4 rings (SSSR count). The Morgan fingerprint density at radius 2 is 1.81 bits per heavy atom. The number of rotatable bonds is 8. The summed E-state index contributed by atoms with van der Waals surface area (Å²) in [6.45, 7) is 4.91.